The van der Waals surface area contributed by atoms with Crippen LogP contribution < -0.4 is 10.6 Å². The van der Waals surface area contributed by atoms with E-state index in [1.807, 2.05) is 45.2 Å². The number of nitrogens with zero attached hydrogens (tertiary/aromatic N) is 2. The molecule has 0 radical (unpaired) electrons. The number of carbonyl (C=O) groups is 1. The lowest BCUT2D eigenvalue weighted by Crippen LogP contribution is -2.36. The van der Waals surface area contributed by atoms with Crippen LogP contribution in [0, 0.1) is 0 Å². The number of rotatable bonds is 6. The van der Waals surface area contributed by atoms with Crippen LogP contribution in [0.4, 0.5) is 9.80 Å². The molecule has 0 saturated carbocycles. The molecule has 3 rings (SSSR count). The Morgan fingerprint density at radius 3 is 2.69 bits per heavy atom. The van der Waals surface area contributed by atoms with Gasteiger partial charge in [-0.05, 0) is 66.6 Å². The molecule has 3 aromatic rings. The summed E-state index contributed by atoms with van der Waals surface area (Å²) in [6.45, 7) is 7.92. The zero-order valence-electron chi connectivity index (χ0n) is 16.9. The van der Waals surface area contributed by atoms with Crippen molar-refractivity contribution in [2.24, 2.45) is 5.73 Å². The van der Waals surface area contributed by atoms with Gasteiger partial charge in [0.1, 0.15) is 22.2 Å². The molecule has 29 heavy (non-hydrogen) atoms. The Morgan fingerprint density at radius 1 is 1.41 bits per heavy atom. The Labute approximate surface area is 190 Å². The molecule has 2 N–H and O–H groups in total. The van der Waals surface area contributed by atoms with E-state index in [1.54, 1.807) is 34.7 Å². The molecule has 6 nitrogen and oxygen atoms in total. The minimum atomic E-state index is -0.591. The van der Waals surface area contributed by atoms with Gasteiger partial charge in [-0.15, -0.1) is 22.7 Å². The van der Waals surface area contributed by atoms with Gasteiger partial charge in [-0.3, -0.25) is 4.90 Å². The number of carbonyl (C=O) groups excluding carboxylic acids is 1. The quantitative estimate of drug-likeness (QED) is 0.423. The number of amides is 1. The van der Waals surface area contributed by atoms with Gasteiger partial charge in [-0.2, -0.15) is 4.37 Å². The predicted molar refractivity (Wildman–Crippen MR) is 125 cm³/mol. The zero-order chi connectivity index (χ0) is 21.3. The molecule has 3 heterocycles. The zero-order valence-corrected chi connectivity index (χ0v) is 20.9. The van der Waals surface area contributed by atoms with Gasteiger partial charge in [0.05, 0.1) is 20.6 Å². The van der Waals surface area contributed by atoms with Crippen LogP contribution in [0.3, 0.4) is 0 Å². The topological polar surface area (TPSA) is 77.7 Å². The van der Waals surface area contributed by atoms with Crippen LogP contribution in [0.15, 0.2) is 22.0 Å². The number of hydrogen-bond acceptors (Lipinski definition) is 8. The van der Waals surface area contributed by atoms with Crippen molar-refractivity contribution in [3.05, 3.63) is 31.7 Å². The summed E-state index contributed by atoms with van der Waals surface area (Å²) >= 11 is 8.10. The number of ether oxygens (including phenoxy) is 2. The third-order valence-corrected chi connectivity index (χ3v) is 8.19. The molecular formula is C19H24BrN3O3S3. The highest BCUT2D eigenvalue weighted by Gasteiger charge is 2.31. The van der Waals surface area contributed by atoms with Crippen LogP contribution in [0.25, 0.3) is 10.2 Å². The molecule has 0 aliphatic carbocycles. The number of hydrogen-bond donors (Lipinski definition) is 1. The van der Waals surface area contributed by atoms with E-state index in [2.05, 4.69) is 20.3 Å². The number of halogens is 1. The lowest BCUT2D eigenvalue weighted by molar-refractivity contribution is 0.0579. The average Bonchev–Trinajstić information content (AvgIpc) is 3.32. The molecule has 10 heteroatoms. The molecule has 0 aromatic carbocycles. The van der Waals surface area contributed by atoms with E-state index in [9.17, 15) is 4.79 Å². The van der Waals surface area contributed by atoms with E-state index in [-0.39, 0.29) is 12.1 Å². The second kappa shape index (κ2) is 8.99. The average molecular weight is 519 g/mol. The first-order chi connectivity index (χ1) is 13.6. The van der Waals surface area contributed by atoms with Crippen molar-refractivity contribution in [3.63, 3.8) is 0 Å². The number of fused-ring (bicyclic) bond motifs is 1. The lowest BCUT2D eigenvalue weighted by Gasteiger charge is -2.26. The predicted octanol–water partition coefficient (Wildman–Crippen LogP) is 6.16. The molecule has 3 aromatic heterocycles. The van der Waals surface area contributed by atoms with Crippen LogP contribution in [-0.2, 0) is 16.0 Å². The largest absolute Gasteiger partial charge is 0.443 e. The molecule has 158 valence electrons. The fourth-order valence-corrected chi connectivity index (χ4v) is 6.83. The van der Waals surface area contributed by atoms with Gasteiger partial charge in [-0.1, -0.05) is 6.07 Å². The highest BCUT2D eigenvalue weighted by molar-refractivity contribution is 9.10. The summed E-state index contributed by atoms with van der Waals surface area (Å²) in [7, 11) is 1.64. The Balaban J connectivity index is 2.06. The van der Waals surface area contributed by atoms with E-state index < -0.39 is 11.7 Å². The second-order valence-corrected chi connectivity index (χ2v) is 11.2. The van der Waals surface area contributed by atoms with E-state index in [1.165, 1.54) is 11.5 Å². The minimum Gasteiger partial charge on any atom is -0.443 e. The Morgan fingerprint density at radius 2 is 2.14 bits per heavy atom. The highest BCUT2D eigenvalue weighted by Crippen LogP contribution is 2.46. The van der Waals surface area contributed by atoms with Gasteiger partial charge in [0.25, 0.3) is 0 Å². The summed E-state index contributed by atoms with van der Waals surface area (Å²) < 4.78 is 17.7. The molecule has 0 fully saturated rings. The van der Waals surface area contributed by atoms with Crippen LogP contribution in [0.1, 0.15) is 43.6 Å². The van der Waals surface area contributed by atoms with Gasteiger partial charge >= 0.3 is 6.09 Å². The Hall–Kier alpha value is -1.04. The summed E-state index contributed by atoms with van der Waals surface area (Å²) in [5.41, 5.74) is 6.33. The SMILES string of the molecule is COC(c1sc2c(N(Cc3cccs3)C(=O)OC(C)(C)C)snc2c1Br)[C@H](C)N. The van der Waals surface area contributed by atoms with Crippen molar-refractivity contribution >= 4 is 71.4 Å². The van der Waals surface area contributed by atoms with Crippen LogP contribution in [0.5, 0.6) is 0 Å². The molecule has 1 unspecified atom stereocenters. The smallest absolute Gasteiger partial charge is 0.415 e. The number of anilines is 1. The van der Waals surface area contributed by atoms with E-state index in [0.717, 1.165) is 29.4 Å². The van der Waals surface area contributed by atoms with Crippen LogP contribution >= 0.6 is 50.1 Å². The maximum Gasteiger partial charge on any atom is 0.415 e. The van der Waals surface area contributed by atoms with Crippen molar-refractivity contribution in [2.45, 2.75) is 52.0 Å². The van der Waals surface area contributed by atoms with Gasteiger partial charge in [-0.25, -0.2) is 4.79 Å². The summed E-state index contributed by atoms with van der Waals surface area (Å²) in [5, 5.41) is 2.76. The van der Waals surface area contributed by atoms with Crippen LogP contribution in [-0.4, -0.2) is 29.2 Å². The standard InChI is InChI=1S/C19H24BrN3O3S3/c1-10(21)14(25-5)15-12(20)13-16(28-15)17(29-22-13)23(9-11-7-6-8-27-11)18(24)26-19(2,3)4/h6-8,10,14H,9,21H2,1-5H3/t10-,14?/m0/s1. The molecule has 2 atom stereocenters. The minimum absolute atomic E-state index is 0.181. The van der Waals surface area contributed by atoms with E-state index >= 15 is 0 Å². The third-order valence-electron chi connectivity index (χ3n) is 4.01. The highest BCUT2D eigenvalue weighted by atomic mass is 79.9. The maximum atomic E-state index is 13.1. The number of methoxy groups -OCH3 is 1. The molecular weight excluding hydrogens is 494 g/mol. The van der Waals surface area contributed by atoms with Gasteiger partial charge < -0.3 is 15.2 Å². The van der Waals surface area contributed by atoms with Crippen LogP contribution in [0.2, 0.25) is 0 Å². The first-order valence-electron chi connectivity index (χ1n) is 9.01. The summed E-state index contributed by atoms with van der Waals surface area (Å²) in [6.07, 6.45) is -0.647. The van der Waals surface area contributed by atoms with Crippen molar-refractivity contribution in [2.75, 3.05) is 12.0 Å². The fourth-order valence-electron chi connectivity index (χ4n) is 2.79. The number of thiophene rings is 2. The molecule has 0 aliphatic rings. The first-order valence-corrected chi connectivity index (χ1v) is 12.3. The molecule has 0 aliphatic heterocycles. The van der Waals surface area contributed by atoms with Crippen molar-refractivity contribution in [1.82, 2.24) is 4.37 Å². The van der Waals surface area contributed by atoms with Crippen molar-refractivity contribution in [1.29, 1.82) is 0 Å². The number of nitrogens with two attached hydrogens (primary N) is 1. The lowest BCUT2D eigenvalue weighted by atomic mass is 10.1. The Bertz CT molecular complexity index is 976. The van der Waals surface area contributed by atoms with E-state index in [0.29, 0.717) is 6.54 Å². The second-order valence-electron chi connectivity index (χ2n) is 7.61. The molecule has 1 amide bonds. The summed E-state index contributed by atoms with van der Waals surface area (Å²) in [4.78, 5) is 16.8. The van der Waals surface area contributed by atoms with E-state index in [4.69, 9.17) is 15.2 Å². The first kappa shape index (κ1) is 22.6. The fraction of sp³-hybridized carbons (Fsp3) is 0.474. The van der Waals surface area contributed by atoms with Gasteiger partial charge in [0.2, 0.25) is 0 Å². The van der Waals surface area contributed by atoms with Gasteiger partial charge in [0, 0.05) is 18.0 Å². The summed E-state index contributed by atoms with van der Waals surface area (Å²) in [5.74, 6) is 0. The molecule has 0 bridgehead atoms. The number of aromatic nitrogens is 1. The summed E-state index contributed by atoms with van der Waals surface area (Å²) in [6, 6.07) is 3.80. The maximum absolute atomic E-state index is 13.1. The molecule has 0 spiro atoms. The molecule has 0 saturated heterocycles. The Kier molecular flexibility index (Phi) is 7.02. The van der Waals surface area contributed by atoms with Crippen molar-refractivity contribution < 1.29 is 14.3 Å². The third kappa shape index (κ3) is 5.00. The normalized spacial score (nSPS) is 14.2. The van der Waals surface area contributed by atoms with Crippen molar-refractivity contribution in [3.8, 4) is 0 Å². The van der Waals surface area contributed by atoms with Gasteiger partial charge in [0.15, 0.2) is 0 Å². The monoisotopic (exact) mass is 517 g/mol.